The number of nitrogens with zero attached hydrogens (tertiary/aromatic N) is 1. The van der Waals surface area contributed by atoms with Gasteiger partial charge in [0.2, 0.25) is 10.0 Å². The van der Waals surface area contributed by atoms with Gasteiger partial charge in [0.1, 0.15) is 6.61 Å². The molecule has 0 aromatic heterocycles. The summed E-state index contributed by atoms with van der Waals surface area (Å²) in [6.45, 7) is 3.80. The van der Waals surface area contributed by atoms with Crippen molar-refractivity contribution >= 4 is 16.7 Å². The minimum absolute atomic E-state index is 0.262. The van der Waals surface area contributed by atoms with E-state index in [4.69, 9.17) is 0 Å². The van der Waals surface area contributed by atoms with Gasteiger partial charge in [0, 0.05) is 13.3 Å². The van der Waals surface area contributed by atoms with Crippen LogP contribution in [-0.2, 0) is 14.9 Å². The van der Waals surface area contributed by atoms with Crippen LogP contribution in [0, 0.1) is 0 Å². The van der Waals surface area contributed by atoms with Crippen LogP contribution in [0.3, 0.4) is 0 Å². The van der Waals surface area contributed by atoms with E-state index in [9.17, 15) is 8.42 Å². The maximum atomic E-state index is 11.7. The van der Waals surface area contributed by atoms with Gasteiger partial charge >= 0.3 is 0 Å². The number of hydrogen-bond acceptors (Lipinski definition) is 4. The first-order valence-corrected chi connectivity index (χ1v) is 6.28. The Balaban J connectivity index is 2.44. The van der Waals surface area contributed by atoms with E-state index in [0.29, 0.717) is 19.6 Å². The van der Waals surface area contributed by atoms with E-state index in [0.717, 1.165) is 0 Å². The molecule has 0 aliphatic rings. The monoisotopic (exact) mass is 242 g/mol. The summed E-state index contributed by atoms with van der Waals surface area (Å²) < 4.78 is 25.8. The smallest absolute Gasteiger partial charge is 0.240 e. The van der Waals surface area contributed by atoms with Gasteiger partial charge in [-0.2, -0.15) is 0 Å². The van der Waals surface area contributed by atoms with E-state index in [-0.39, 0.29) is 4.90 Å². The predicted octanol–water partition coefficient (Wildman–Crippen LogP) is 0.987. The quantitative estimate of drug-likeness (QED) is 0.440. The summed E-state index contributed by atoms with van der Waals surface area (Å²) >= 11 is 0. The van der Waals surface area contributed by atoms with Crippen LogP contribution in [-0.4, -0.2) is 28.3 Å². The molecule has 1 aromatic rings. The van der Waals surface area contributed by atoms with Gasteiger partial charge in [-0.25, -0.2) is 13.1 Å². The summed E-state index contributed by atoms with van der Waals surface area (Å²) in [5.74, 6) is 0. The van der Waals surface area contributed by atoms with Crippen LogP contribution in [0.25, 0.3) is 0 Å². The highest BCUT2D eigenvalue weighted by molar-refractivity contribution is 7.89. The molecule has 0 radical (unpaired) electrons. The molecule has 0 saturated heterocycles. The topological polar surface area (TPSA) is 67.8 Å². The molecule has 0 heterocycles. The Morgan fingerprint density at radius 1 is 1.31 bits per heavy atom. The molecule has 0 atom stereocenters. The average Bonchev–Trinajstić information content (AvgIpc) is 2.30. The molecular weight excluding hydrogens is 228 g/mol. The van der Waals surface area contributed by atoms with E-state index in [1.807, 2.05) is 0 Å². The third kappa shape index (κ3) is 4.00. The molecule has 1 N–H and O–H groups in total. The van der Waals surface area contributed by atoms with Gasteiger partial charge < -0.3 is 4.84 Å². The normalized spacial score (nSPS) is 11.0. The van der Waals surface area contributed by atoms with Crippen LogP contribution in [0.1, 0.15) is 6.42 Å². The van der Waals surface area contributed by atoms with Gasteiger partial charge in [-0.15, -0.1) is 5.16 Å². The van der Waals surface area contributed by atoms with Crippen molar-refractivity contribution in [1.29, 1.82) is 0 Å². The highest BCUT2D eigenvalue weighted by Gasteiger charge is 2.11. The van der Waals surface area contributed by atoms with E-state index >= 15 is 0 Å². The molecule has 0 unspecified atom stereocenters. The van der Waals surface area contributed by atoms with Crippen LogP contribution < -0.4 is 4.72 Å². The third-order valence-corrected chi connectivity index (χ3v) is 3.33. The van der Waals surface area contributed by atoms with Crippen molar-refractivity contribution in [3.05, 3.63) is 30.3 Å². The summed E-state index contributed by atoms with van der Waals surface area (Å²) in [5.41, 5.74) is 0. The number of sulfonamides is 1. The van der Waals surface area contributed by atoms with Crippen LogP contribution in [0.4, 0.5) is 0 Å². The molecule has 1 aromatic carbocycles. The van der Waals surface area contributed by atoms with Gasteiger partial charge in [0.15, 0.2) is 0 Å². The lowest BCUT2D eigenvalue weighted by atomic mass is 10.4. The lowest BCUT2D eigenvalue weighted by molar-refractivity contribution is 0.145. The van der Waals surface area contributed by atoms with Crippen molar-refractivity contribution in [2.75, 3.05) is 13.2 Å². The van der Waals surface area contributed by atoms with Crippen molar-refractivity contribution in [2.45, 2.75) is 11.3 Å². The SMILES string of the molecule is C=NOCCCNS(=O)(=O)c1ccccc1. The molecule has 5 nitrogen and oxygen atoms in total. The molecule has 0 spiro atoms. The first kappa shape index (κ1) is 12.7. The lowest BCUT2D eigenvalue weighted by Crippen LogP contribution is -2.25. The van der Waals surface area contributed by atoms with Crippen molar-refractivity contribution in [3.8, 4) is 0 Å². The molecule has 88 valence electrons. The zero-order valence-corrected chi connectivity index (χ0v) is 9.61. The average molecular weight is 242 g/mol. The standard InChI is InChI=1S/C10H14N2O3S/c1-11-15-9-5-8-12-16(13,14)10-6-3-2-4-7-10/h2-4,6-7,12H,1,5,8-9H2. The van der Waals surface area contributed by atoms with Gasteiger partial charge in [-0.3, -0.25) is 0 Å². The molecule has 1 rings (SSSR count). The van der Waals surface area contributed by atoms with E-state index in [2.05, 4.69) is 21.4 Å². The Labute approximate surface area is 95.2 Å². The van der Waals surface area contributed by atoms with E-state index in [1.165, 1.54) is 0 Å². The van der Waals surface area contributed by atoms with E-state index in [1.54, 1.807) is 30.3 Å². The largest absolute Gasteiger partial charge is 0.396 e. The zero-order chi connectivity index (χ0) is 11.9. The van der Waals surface area contributed by atoms with Crippen molar-refractivity contribution in [3.63, 3.8) is 0 Å². The second-order valence-corrected chi connectivity index (χ2v) is 4.79. The molecule has 0 aliphatic heterocycles. The summed E-state index contributed by atoms with van der Waals surface area (Å²) in [4.78, 5) is 4.89. The van der Waals surface area contributed by atoms with Gasteiger partial charge in [-0.05, 0) is 18.6 Å². The zero-order valence-electron chi connectivity index (χ0n) is 8.80. The minimum atomic E-state index is -3.40. The van der Waals surface area contributed by atoms with E-state index < -0.39 is 10.0 Å². The highest BCUT2D eigenvalue weighted by Crippen LogP contribution is 2.06. The summed E-state index contributed by atoms with van der Waals surface area (Å²) in [7, 11) is -3.40. The maximum absolute atomic E-state index is 11.7. The molecule has 0 saturated carbocycles. The minimum Gasteiger partial charge on any atom is -0.396 e. The number of nitrogens with one attached hydrogen (secondary N) is 1. The third-order valence-electron chi connectivity index (χ3n) is 1.85. The molecular formula is C10H14N2O3S. The Hall–Kier alpha value is -1.40. The van der Waals surface area contributed by atoms with Crippen LogP contribution in [0.2, 0.25) is 0 Å². The van der Waals surface area contributed by atoms with Crippen LogP contribution in [0.15, 0.2) is 40.4 Å². The lowest BCUT2D eigenvalue weighted by Gasteiger charge is -2.05. The van der Waals surface area contributed by atoms with Crippen molar-refractivity contribution in [2.24, 2.45) is 5.16 Å². The number of hydrogen-bond donors (Lipinski definition) is 1. The fraction of sp³-hybridized carbons (Fsp3) is 0.300. The second kappa shape index (κ2) is 6.24. The Morgan fingerprint density at radius 3 is 2.62 bits per heavy atom. The van der Waals surface area contributed by atoms with Crippen LogP contribution >= 0.6 is 0 Å². The molecule has 0 aliphatic carbocycles. The second-order valence-electron chi connectivity index (χ2n) is 3.03. The maximum Gasteiger partial charge on any atom is 0.240 e. The van der Waals surface area contributed by atoms with Gasteiger partial charge in [-0.1, -0.05) is 18.2 Å². The fourth-order valence-corrected chi connectivity index (χ4v) is 2.19. The molecule has 0 fully saturated rings. The first-order chi connectivity index (χ1) is 7.67. The van der Waals surface area contributed by atoms with Gasteiger partial charge in [0.25, 0.3) is 0 Å². The van der Waals surface area contributed by atoms with Crippen molar-refractivity contribution < 1.29 is 13.3 Å². The van der Waals surface area contributed by atoms with Gasteiger partial charge in [0.05, 0.1) is 4.90 Å². The number of oxime groups is 1. The molecule has 6 heteroatoms. The highest BCUT2D eigenvalue weighted by atomic mass is 32.2. The fourth-order valence-electron chi connectivity index (χ4n) is 1.09. The Kier molecular flexibility index (Phi) is 4.94. The summed E-state index contributed by atoms with van der Waals surface area (Å²) in [6, 6.07) is 8.22. The van der Waals surface area contributed by atoms with Crippen molar-refractivity contribution in [1.82, 2.24) is 4.72 Å². The summed E-state index contributed by atoms with van der Waals surface area (Å²) in [6.07, 6.45) is 0.547. The summed E-state index contributed by atoms with van der Waals surface area (Å²) in [5, 5.41) is 3.20. The first-order valence-electron chi connectivity index (χ1n) is 4.79. The Morgan fingerprint density at radius 2 is 2.00 bits per heavy atom. The predicted molar refractivity (Wildman–Crippen MR) is 61.7 cm³/mol. The molecule has 0 amide bonds. The Bertz CT molecular complexity index is 417. The number of benzene rings is 1. The molecule has 16 heavy (non-hydrogen) atoms. The number of rotatable bonds is 7. The van der Waals surface area contributed by atoms with Crippen LogP contribution in [0.5, 0.6) is 0 Å². The molecule has 0 bridgehead atoms.